The number of rotatable bonds is 2. The first-order valence-corrected chi connectivity index (χ1v) is 5.55. The lowest BCUT2D eigenvalue weighted by Crippen LogP contribution is -2.51. The Kier molecular flexibility index (Phi) is 3.73. The van der Waals surface area contributed by atoms with E-state index in [0.717, 1.165) is 32.4 Å². The van der Waals surface area contributed by atoms with Gasteiger partial charge in [-0.15, -0.1) is 0 Å². The quantitative estimate of drug-likeness (QED) is 0.682. The van der Waals surface area contributed by atoms with Crippen LogP contribution in [0.15, 0.2) is 0 Å². The van der Waals surface area contributed by atoms with Crippen molar-refractivity contribution in [3.63, 3.8) is 0 Å². The molecular formula is C10H19FN2O. The Bertz CT molecular complexity index is 174. The number of halogens is 1. The molecule has 0 aromatic rings. The molecule has 2 fully saturated rings. The van der Waals surface area contributed by atoms with Crippen molar-refractivity contribution < 1.29 is 9.13 Å². The molecule has 0 aliphatic carbocycles. The van der Waals surface area contributed by atoms with Gasteiger partial charge in [-0.05, 0) is 32.4 Å². The Labute approximate surface area is 84.4 Å². The third kappa shape index (κ3) is 2.65. The summed E-state index contributed by atoms with van der Waals surface area (Å²) in [5, 5.41) is 6.72. The molecule has 0 aromatic heterocycles. The maximum Gasteiger partial charge on any atom is 0.139 e. The smallest absolute Gasteiger partial charge is 0.139 e. The molecule has 2 atom stereocenters. The van der Waals surface area contributed by atoms with E-state index in [-0.39, 0.29) is 12.6 Å². The standard InChI is InChI=1S/C10H19FN2O/c11-9-7-14-6-3-10(9)13-8-1-4-12-5-2-8/h8-10,12-13H,1-7H2/t9-,10-/m0/s1. The van der Waals surface area contributed by atoms with Crippen molar-refractivity contribution in [2.24, 2.45) is 0 Å². The van der Waals surface area contributed by atoms with Crippen molar-refractivity contribution in [3.05, 3.63) is 0 Å². The summed E-state index contributed by atoms with van der Waals surface area (Å²) in [5.74, 6) is 0. The first-order valence-electron chi connectivity index (χ1n) is 5.55. The normalized spacial score (nSPS) is 35.8. The minimum atomic E-state index is -0.821. The summed E-state index contributed by atoms with van der Waals surface area (Å²) >= 11 is 0. The van der Waals surface area contributed by atoms with Crippen LogP contribution in [-0.2, 0) is 4.74 Å². The number of alkyl halides is 1. The Morgan fingerprint density at radius 1 is 1.21 bits per heavy atom. The maximum atomic E-state index is 13.4. The van der Waals surface area contributed by atoms with E-state index in [1.165, 1.54) is 0 Å². The van der Waals surface area contributed by atoms with Crippen LogP contribution in [0.2, 0.25) is 0 Å². The highest BCUT2D eigenvalue weighted by Gasteiger charge is 2.27. The van der Waals surface area contributed by atoms with Gasteiger partial charge < -0.3 is 15.4 Å². The first-order chi connectivity index (χ1) is 6.86. The summed E-state index contributed by atoms with van der Waals surface area (Å²) < 4.78 is 18.5. The van der Waals surface area contributed by atoms with Gasteiger partial charge in [-0.1, -0.05) is 0 Å². The molecule has 0 amide bonds. The highest BCUT2D eigenvalue weighted by Crippen LogP contribution is 2.14. The minimum Gasteiger partial charge on any atom is -0.378 e. The van der Waals surface area contributed by atoms with Crippen LogP contribution in [0.3, 0.4) is 0 Å². The SMILES string of the molecule is F[C@H]1COCC[C@@H]1NC1CCNCC1. The number of hydrogen-bond acceptors (Lipinski definition) is 3. The molecule has 0 unspecified atom stereocenters. The van der Waals surface area contributed by atoms with E-state index < -0.39 is 6.17 Å². The largest absolute Gasteiger partial charge is 0.378 e. The van der Waals surface area contributed by atoms with Gasteiger partial charge in [-0.25, -0.2) is 4.39 Å². The van der Waals surface area contributed by atoms with E-state index in [0.29, 0.717) is 12.6 Å². The van der Waals surface area contributed by atoms with Gasteiger partial charge in [0.1, 0.15) is 6.17 Å². The Hall–Kier alpha value is -0.190. The lowest BCUT2D eigenvalue weighted by atomic mass is 10.0. The number of nitrogens with one attached hydrogen (secondary N) is 2. The first kappa shape index (κ1) is 10.3. The van der Waals surface area contributed by atoms with Gasteiger partial charge in [-0.2, -0.15) is 0 Å². The lowest BCUT2D eigenvalue weighted by molar-refractivity contribution is 0.00990. The van der Waals surface area contributed by atoms with Crippen LogP contribution in [0.4, 0.5) is 4.39 Å². The Morgan fingerprint density at radius 3 is 2.71 bits per heavy atom. The highest BCUT2D eigenvalue weighted by molar-refractivity contribution is 4.84. The molecule has 2 heterocycles. The van der Waals surface area contributed by atoms with Crippen LogP contribution in [0.25, 0.3) is 0 Å². The van der Waals surface area contributed by atoms with Crippen molar-refractivity contribution >= 4 is 0 Å². The topological polar surface area (TPSA) is 33.3 Å². The average Bonchev–Trinajstić information content (AvgIpc) is 2.23. The van der Waals surface area contributed by atoms with Gasteiger partial charge >= 0.3 is 0 Å². The average molecular weight is 202 g/mol. The van der Waals surface area contributed by atoms with Crippen LogP contribution in [0.5, 0.6) is 0 Å². The van der Waals surface area contributed by atoms with Gasteiger partial charge in [0.05, 0.1) is 6.61 Å². The second-order valence-corrected chi connectivity index (χ2v) is 4.18. The van der Waals surface area contributed by atoms with Crippen LogP contribution in [0, 0.1) is 0 Å². The van der Waals surface area contributed by atoms with E-state index in [9.17, 15) is 4.39 Å². The molecule has 0 spiro atoms. The van der Waals surface area contributed by atoms with E-state index in [2.05, 4.69) is 10.6 Å². The van der Waals surface area contributed by atoms with E-state index in [4.69, 9.17) is 4.74 Å². The summed E-state index contributed by atoms with van der Waals surface area (Å²) in [6.07, 6.45) is 2.22. The fourth-order valence-corrected chi connectivity index (χ4v) is 2.18. The second kappa shape index (κ2) is 5.05. The predicted molar refractivity (Wildman–Crippen MR) is 53.1 cm³/mol. The lowest BCUT2D eigenvalue weighted by Gasteiger charge is -2.33. The second-order valence-electron chi connectivity index (χ2n) is 4.18. The molecule has 2 aliphatic rings. The summed E-state index contributed by atoms with van der Waals surface area (Å²) in [7, 11) is 0. The summed E-state index contributed by atoms with van der Waals surface area (Å²) in [6, 6.07) is 0.518. The third-order valence-corrected chi connectivity index (χ3v) is 3.08. The van der Waals surface area contributed by atoms with Crippen LogP contribution < -0.4 is 10.6 Å². The number of piperidine rings is 1. The van der Waals surface area contributed by atoms with Crippen molar-refractivity contribution in [2.75, 3.05) is 26.3 Å². The predicted octanol–water partition coefficient (Wildman–Crippen LogP) is 0.455. The number of ether oxygens (including phenoxy) is 1. The molecule has 82 valence electrons. The van der Waals surface area contributed by atoms with Gasteiger partial charge in [-0.3, -0.25) is 0 Å². The van der Waals surface area contributed by atoms with Gasteiger partial charge in [0, 0.05) is 18.7 Å². The van der Waals surface area contributed by atoms with Crippen molar-refractivity contribution in [3.8, 4) is 0 Å². The summed E-state index contributed by atoms with van der Waals surface area (Å²) in [4.78, 5) is 0. The maximum absolute atomic E-state index is 13.4. The fourth-order valence-electron chi connectivity index (χ4n) is 2.18. The monoisotopic (exact) mass is 202 g/mol. The molecule has 2 aliphatic heterocycles. The van der Waals surface area contributed by atoms with Crippen molar-refractivity contribution in [2.45, 2.75) is 37.5 Å². The van der Waals surface area contributed by atoms with Crippen LogP contribution in [-0.4, -0.2) is 44.6 Å². The molecule has 2 rings (SSSR count). The van der Waals surface area contributed by atoms with Crippen molar-refractivity contribution in [1.82, 2.24) is 10.6 Å². The third-order valence-electron chi connectivity index (χ3n) is 3.08. The Morgan fingerprint density at radius 2 is 2.00 bits per heavy atom. The van der Waals surface area contributed by atoms with Gasteiger partial charge in [0.25, 0.3) is 0 Å². The molecule has 2 saturated heterocycles. The molecule has 2 N–H and O–H groups in total. The van der Waals surface area contributed by atoms with Crippen molar-refractivity contribution in [1.29, 1.82) is 0 Å². The summed E-state index contributed by atoms with van der Waals surface area (Å²) in [5.41, 5.74) is 0. The molecular weight excluding hydrogens is 183 g/mol. The Balaban J connectivity index is 1.76. The zero-order valence-electron chi connectivity index (χ0n) is 8.47. The zero-order chi connectivity index (χ0) is 9.80. The zero-order valence-corrected chi connectivity index (χ0v) is 8.47. The summed E-state index contributed by atoms with van der Waals surface area (Å²) in [6.45, 7) is 3.07. The molecule has 4 heteroatoms. The molecule has 14 heavy (non-hydrogen) atoms. The minimum absolute atomic E-state index is 0.0202. The van der Waals surface area contributed by atoms with Crippen LogP contribution in [0.1, 0.15) is 19.3 Å². The van der Waals surface area contributed by atoms with E-state index in [1.54, 1.807) is 0 Å². The molecule has 0 saturated carbocycles. The van der Waals surface area contributed by atoms with Crippen LogP contribution >= 0.6 is 0 Å². The van der Waals surface area contributed by atoms with E-state index >= 15 is 0 Å². The molecule has 3 nitrogen and oxygen atoms in total. The highest BCUT2D eigenvalue weighted by atomic mass is 19.1. The van der Waals surface area contributed by atoms with Gasteiger partial charge in [0.15, 0.2) is 0 Å². The molecule has 0 bridgehead atoms. The molecule has 0 radical (unpaired) electrons. The fraction of sp³-hybridized carbons (Fsp3) is 1.00. The molecule has 0 aromatic carbocycles. The number of hydrogen-bond donors (Lipinski definition) is 2. The van der Waals surface area contributed by atoms with E-state index in [1.807, 2.05) is 0 Å². The van der Waals surface area contributed by atoms with Gasteiger partial charge in [0.2, 0.25) is 0 Å².